The molecule has 0 bridgehead atoms. The molecule has 0 unspecified atom stereocenters. The molecule has 0 fully saturated rings. The summed E-state index contributed by atoms with van der Waals surface area (Å²) in [5, 5.41) is 7.37. The molecule has 5 nitrogen and oxygen atoms in total. The first-order valence-corrected chi connectivity index (χ1v) is 5.42. The Balaban J connectivity index is 2.06. The van der Waals surface area contributed by atoms with Crippen molar-refractivity contribution >= 4 is 5.82 Å². The maximum absolute atomic E-state index is 12.8. The Labute approximate surface area is 98.7 Å². The molecule has 2 aromatic heterocycles. The molecule has 2 aromatic rings. The van der Waals surface area contributed by atoms with Crippen LogP contribution in [0.25, 0.3) is 0 Å². The predicted octanol–water partition coefficient (Wildman–Crippen LogP) is 1.52. The van der Waals surface area contributed by atoms with Gasteiger partial charge in [0, 0.05) is 31.4 Å². The Morgan fingerprint density at radius 1 is 1.41 bits per heavy atom. The van der Waals surface area contributed by atoms with E-state index in [2.05, 4.69) is 27.3 Å². The van der Waals surface area contributed by atoms with Gasteiger partial charge in [-0.25, -0.2) is 9.97 Å². The minimum atomic E-state index is -0.538. The molecule has 2 rings (SSSR count). The van der Waals surface area contributed by atoms with E-state index < -0.39 is 5.95 Å². The molecule has 0 spiro atoms. The van der Waals surface area contributed by atoms with Gasteiger partial charge in [-0.05, 0) is 6.42 Å². The number of aromatic nitrogens is 4. The van der Waals surface area contributed by atoms with Crippen LogP contribution in [0.4, 0.5) is 10.2 Å². The third kappa shape index (κ3) is 2.77. The van der Waals surface area contributed by atoms with Crippen molar-refractivity contribution in [2.45, 2.75) is 19.9 Å². The normalized spacial score (nSPS) is 10.5. The highest BCUT2D eigenvalue weighted by Gasteiger charge is 2.06. The van der Waals surface area contributed by atoms with Crippen LogP contribution in [0, 0.1) is 5.95 Å². The Kier molecular flexibility index (Phi) is 3.32. The van der Waals surface area contributed by atoms with Gasteiger partial charge in [0.05, 0.1) is 5.69 Å². The van der Waals surface area contributed by atoms with E-state index in [1.54, 1.807) is 4.68 Å². The second kappa shape index (κ2) is 4.90. The number of nitrogens with zero attached hydrogens (tertiary/aromatic N) is 4. The number of aryl methyl sites for hydroxylation is 2. The fourth-order valence-electron chi connectivity index (χ4n) is 1.65. The third-order valence-corrected chi connectivity index (χ3v) is 2.42. The molecule has 0 aliphatic heterocycles. The molecule has 0 saturated heterocycles. The zero-order chi connectivity index (χ0) is 12.3. The summed E-state index contributed by atoms with van der Waals surface area (Å²) >= 11 is 0. The van der Waals surface area contributed by atoms with E-state index in [0.29, 0.717) is 12.4 Å². The number of halogens is 1. The average molecular weight is 235 g/mol. The molecular weight excluding hydrogens is 221 g/mol. The van der Waals surface area contributed by atoms with Crippen molar-refractivity contribution in [2.75, 3.05) is 5.32 Å². The topological polar surface area (TPSA) is 55.6 Å². The van der Waals surface area contributed by atoms with Gasteiger partial charge in [0.25, 0.3) is 0 Å². The van der Waals surface area contributed by atoms with Crippen LogP contribution in [0.3, 0.4) is 0 Å². The molecule has 0 aliphatic carbocycles. The van der Waals surface area contributed by atoms with Crippen molar-refractivity contribution in [3.05, 3.63) is 35.8 Å². The lowest BCUT2D eigenvalue weighted by Gasteiger charge is -2.04. The van der Waals surface area contributed by atoms with E-state index in [0.717, 1.165) is 17.7 Å². The molecule has 0 aliphatic rings. The van der Waals surface area contributed by atoms with Crippen molar-refractivity contribution in [1.82, 2.24) is 19.7 Å². The Morgan fingerprint density at radius 2 is 2.24 bits per heavy atom. The molecule has 0 atom stereocenters. The summed E-state index contributed by atoms with van der Waals surface area (Å²) < 4.78 is 14.6. The predicted molar refractivity (Wildman–Crippen MR) is 61.9 cm³/mol. The lowest BCUT2D eigenvalue weighted by Crippen LogP contribution is -2.03. The highest BCUT2D eigenvalue weighted by Crippen LogP contribution is 2.10. The second-order valence-corrected chi connectivity index (χ2v) is 3.71. The maximum Gasteiger partial charge on any atom is 0.217 e. The summed E-state index contributed by atoms with van der Waals surface area (Å²) in [7, 11) is 1.88. The first-order valence-electron chi connectivity index (χ1n) is 5.42. The molecule has 0 amide bonds. The Hall–Kier alpha value is -1.98. The highest BCUT2D eigenvalue weighted by atomic mass is 19.1. The van der Waals surface area contributed by atoms with Crippen molar-refractivity contribution in [2.24, 2.45) is 7.05 Å². The number of anilines is 1. The van der Waals surface area contributed by atoms with Crippen LogP contribution in [0.15, 0.2) is 18.6 Å². The molecule has 0 saturated carbocycles. The van der Waals surface area contributed by atoms with E-state index >= 15 is 0 Å². The summed E-state index contributed by atoms with van der Waals surface area (Å²) in [5.74, 6) is -0.0622. The van der Waals surface area contributed by atoms with E-state index in [-0.39, 0.29) is 0 Å². The third-order valence-electron chi connectivity index (χ3n) is 2.42. The first kappa shape index (κ1) is 11.5. The molecule has 6 heteroatoms. The van der Waals surface area contributed by atoms with Crippen LogP contribution >= 0.6 is 0 Å². The minimum absolute atomic E-state index is 0.475. The zero-order valence-corrected chi connectivity index (χ0v) is 9.81. The fourth-order valence-corrected chi connectivity index (χ4v) is 1.65. The van der Waals surface area contributed by atoms with Crippen LogP contribution in [-0.4, -0.2) is 19.7 Å². The van der Waals surface area contributed by atoms with Gasteiger partial charge < -0.3 is 5.32 Å². The van der Waals surface area contributed by atoms with E-state index in [9.17, 15) is 4.39 Å². The highest BCUT2D eigenvalue weighted by molar-refractivity contribution is 5.34. The molecule has 90 valence electrons. The number of rotatable bonds is 4. The summed E-state index contributed by atoms with van der Waals surface area (Å²) in [6.07, 6.45) is 4.01. The lowest BCUT2D eigenvalue weighted by molar-refractivity contribution is 0.580. The number of hydrogen-bond donors (Lipinski definition) is 1. The lowest BCUT2D eigenvalue weighted by atomic mass is 10.2. The minimum Gasteiger partial charge on any atom is -0.366 e. The van der Waals surface area contributed by atoms with Crippen LogP contribution in [0.5, 0.6) is 0 Å². The zero-order valence-electron chi connectivity index (χ0n) is 9.81. The van der Waals surface area contributed by atoms with Gasteiger partial charge in [0.15, 0.2) is 0 Å². The fraction of sp³-hybridized carbons (Fsp3) is 0.364. The first-order chi connectivity index (χ1) is 8.19. The van der Waals surface area contributed by atoms with Crippen LogP contribution in [0.1, 0.15) is 18.2 Å². The molecule has 0 aromatic carbocycles. The Morgan fingerprint density at radius 3 is 2.94 bits per heavy atom. The van der Waals surface area contributed by atoms with Gasteiger partial charge in [0.1, 0.15) is 12.1 Å². The average Bonchev–Trinajstić information content (AvgIpc) is 2.67. The van der Waals surface area contributed by atoms with Gasteiger partial charge in [-0.1, -0.05) is 6.92 Å². The van der Waals surface area contributed by atoms with E-state index in [1.165, 1.54) is 12.4 Å². The van der Waals surface area contributed by atoms with Crippen LogP contribution < -0.4 is 5.32 Å². The van der Waals surface area contributed by atoms with E-state index in [1.807, 2.05) is 13.2 Å². The second-order valence-electron chi connectivity index (χ2n) is 3.71. The van der Waals surface area contributed by atoms with Gasteiger partial charge >= 0.3 is 0 Å². The molecule has 17 heavy (non-hydrogen) atoms. The van der Waals surface area contributed by atoms with Crippen molar-refractivity contribution in [1.29, 1.82) is 0 Å². The molecule has 2 heterocycles. The molecule has 0 radical (unpaired) electrons. The van der Waals surface area contributed by atoms with Gasteiger partial charge in [-0.2, -0.15) is 9.49 Å². The van der Waals surface area contributed by atoms with Crippen LogP contribution in [0.2, 0.25) is 0 Å². The monoisotopic (exact) mass is 235 g/mol. The van der Waals surface area contributed by atoms with Gasteiger partial charge in [0.2, 0.25) is 5.95 Å². The van der Waals surface area contributed by atoms with Crippen LogP contribution in [-0.2, 0) is 20.0 Å². The van der Waals surface area contributed by atoms with Crippen molar-refractivity contribution < 1.29 is 4.39 Å². The van der Waals surface area contributed by atoms with Gasteiger partial charge in [-0.3, -0.25) is 4.68 Å². The standard InChI is InChI=1S/C11H14FN5/c1-3-9-8(6-17(2)16-9)5-13-11-4-10(12)14-7-15-11/h4,6-7H,3,5H2,1-2H3,(H,13,14,15). The van der Waals surface area contributed by atoms with E-state index in [4.69, 9.17) is 0 Å². The Bertz CT molecular complexity index is 508. The largest absolute Gasteiger partial charge is 0.366 e. The SMILES string of the molecule is CCc1nn(C)cc1CNc1cc(F)ncn1. The summed E-state index contributed by atoms with van der Waals surface area (Å²) in [6.45, 7) is 2.63. The summed E-state index contributed by atoms with van der Waals surface area (Å²) in [5.41, 5.74) is 2.13. The summed E-state index contributed by atoms with van der Waals surface area (Å²) in [6, 6.07) is 1.27. The number of nitrogens with one attached hydrogen (secondary N) is 1. The quantitative estimate of drug-likeness (QED) is 0.816. The number of hydrogen-bond acceptors (Lipinski definition) is 4. The molecule has 1 N–H and O–H groups in total. The summed E-state index contributed by atoms with van der Waals surface area (Å²) in [4.78, 5) is 7.33. The van der Waals surface area contributed by atoms with Crippen molar-refractivity contribution in [3.8, 4) is 0 Å². The maximum atomic E-state index is 12.8. The molecular formula is C11H14FN5. The van der Waals surface area contributed by atoms with Crippen molar-refractivity contribution in [3.63, 3.8) is 0 Å². The van der Waals surface area contributed by atoms with Gasteiger partial charge in [-0.15, -0.1) is 0 Å². The smallest absolute Gasteiger partial charge is 0.217 e.